The van der Waals surface area contributed by atoms with Gasteiger partial charge in [0, 0.05) is 6.04 Å². The lowest BCUT2D eigenvalue weighted by atomic mass is 9.97. The molecule has 0 aliphatic carbocycles. The van der Waals surface area contributed by atoms with Crippen LogP contribution in [0.25, 0.3) is 0 Å². The van der Waals surface area contributed by atoms with Crippen LogP contribution in [0, 0.1) is 5.92 Å². The van der Waals surface area contributed by atoms with Crippen molar-refractivity contribution in [2.75, 3.05) is 13.1 Å². The fourth-order valence-electron chi connectivity index (χ4n) is 2.30. The van der Waals surface area contributed by atoms with Crippen LogP contribution in [-0.4, -0.2) is 27.5 Å². The molecule has 1 aromatic carbocycles. The van der Waals surface area contributed by atoms with Gasteiger partial charge >= 0.3 is 6.18 Å². The maximum absolute atomic E-state index is 12.7. The van der Waals surface area contributed by atoms with Crippen molar-refractivity contribution in [2.24, 2.45) is 5.92 Å². The van der Waals surface area contributed by atoms with Crippen molar-refractivity contribution in [1.82, 2.24) is 10.0 Å². The second kappa shape index (κ2) is 5.94. The zero-order valence-electron chi connectivity index (χ0n) is 11.4. The maximum atomic E-state index is 12.7. The molecular weight excluding hydrogens is 305 g/mol. The van der Waals surface area contributed by atoms with Crippen molar-refractivity contribution in [3.8, 4) is 0 Å². The molecule has 2 atom stereocenters. The lowest BCUT2D eigenvalue weighted by Gasteiger charge is -2.30. The summed E-state index contributed by atoms with van der Waals surface area (Å²) in [4.78, 5) is -0.358. The van der Waals surface area contributed by atoms with Crippen LogP contribution in [0.2, 0.25) is 0 Å². The smallest absolute Gasteiger partial charge is 0.316 e. The molecule has 1 aliphatic rings. The molecule has 8 heteroatoms. The van der Waals surface area contributed by atoms with Gasteiger partial charge < -0.3 is 5.32 Å². The van der Waals surface area contributed by atoms with Crippen molar-refractivity contribution in [3.05, 3.63) is 29.8 Å². The molecule has 21 heavy (non-hydrogen) atoms. The first-order valence-corrected chi connectivity index (χ1v) is 8.09. The van der Waals surface area contributed by atoms with Crippen LogP contribution in [0.3, 0.4) is 0 Å². The molecule has 0 saturated carbocycles. The topological polar surface area (TPSA) is 58.2 Å². The Morgan fingerprint density at radius 1 is 1.33 bits per heavy atom. The molecule has 0 aromatic heterocycles. The lowest BCUT2D eigenvalue weighted by molar-refractivity contribution is -0.137. The van der Waals surface area contributed by atoms with Gasteiger partial charge in [0.1, 0.15) is 0 Å². The zero-order valence-corrected chi connectivity index (χ0v) is 12.3. The first-order valence-electron chi connectivity index (χ1n) is 6.60. The number of benzene rings is 1. The van der Waals surface area contributed by atoms with Crippen molar-refractivity contribution >= 4 is 10.0 Å². The van der Waals surface area contributed by atoms with E-state index in [-0.39, 0.29) is 16.9 Å². The number of hydrogen-bond donors (Lipinski definition) is 2. The number of rotatable bonds is 3. The molecule has 0 spiro atoms. The van der Waals surface area contributed by atoms with Crippen LogP contribution in [0.1, 0.15) is 18.9 Å². The Labute approximate surface area is 121 Å². The van der Waals surface area contributed by atoms with Crippen LogP contribution < -0.4 is 10.0 Å². The average Bonchev–Trinajstić information content (AvgIpc) is 2.40. The van der Waals surface area contributed by atoms with Gasteiger partial charge in [0.15, 0.2) is 0 Å². The quantitative estimate of drug-likeness (QED) is 0.895. The van der Waals surface area contributed by atoms with Gasteiger partial charge in [-0.25, -0.2) is 13.1 Å². The summed E-state index contributed by atoms with van der Waals surface area (Å²) in [6.07, 6.45) is -3.95. The van der Waals surface area contributed by atoms with E-state index in [9.17, 15) is 21.6 Å². The highest BCUT2D eigenvalue weighted by atomic mass is 32.2. The van der Waals surface area contributed by atoms with E-state index in [1.54, 1.807) is 0 Å². The van der Waals surface area contributed by atoms with Gasteiger partial charge in [0.05, 0.1) is 10.5 Å². The minimum absolute atomic E-state index is 0.0827. The Kier molecular flexibility index (Phi) is 4.60. The average molecular weight is 322 g/mol. The van der Waals surface area contributed by atoms with Crippen molar-refractivity contribution in [3.63, 3.8) is 0 Å². The van der Waals surface area contributed by atoms with Crippen molar-refractivity contribution in [2.45, 2.75) is 30.5 Å². The number of piperidine rings is 1. The van der Waals surface area contributed by atoms with Crippen molar-refractivity contribution in [1.29, 1.82) is 0 Å². The van der Waals surface area contributed by atoms with Gasteiger partial charge in [-0.1, -0.05) is 13.0 Å². The molecule has 0 unspecified atom stereocenters. The summed E-state index contributed by atoms with van der Waals surface area (Å²) in [6, 6.07) is 3.51. The van der Waals surface area contributed by atoms with Crippen LogP contribution in [0.15, 0.2) is 29.2 Å². The molecule has 1 aliphatic heterocycles. The summed E-state index contributed by atoms with van der Waals surface area (Å²) in [6.45, 7) is 3.25. The molecule has 0 bridgehead atoms. The molecule has 2 rings (SSSR count). The fourth-order valence-corrected chi connectivity index (χ4v) is 3.72. The molecule has 1 saturated heterocycles. The Morgan fingerprint density at radius 2 is 2.05 bits per heavy atom. The standard InChI is InChI=1S/C13H17F3N2O2S/c1-9-8-17-6-5-12(9)18-21(19,20)11-4-2-3-10(7-11)13(14,15)16/h2-4,7,9,12,17-18H,5-6,8H2,1H3/t9-,12-/m1/s1. The molecule has 0 radical (unpaired) electrons. The molecular formula is C13H17F3N2O2S. The van der Waals surface area contributed by atoms with E-state index in [0.717, 1.165) is 12.1 Å². The van der Waals surface area contributed by atoms with Crippen LogP contribution >= 0.6 is 0 Å². The molecule has 0 amide bonds. The summed E-state index contributed by atoms with van der Waals surface area (Å²) in [5.41, 5.74) is -0.969. The maximum Gasteiger partial charge on any atom is 0.416 e. The van der Waals surface area contributed by atoms with E-state index >= 15 is 0 Å². The number of nitrogens with one attached hydrogen (secondary N) is 2. The van der Waals surface area contributed by atoms with Crippen LogP contribution in [-0.2, 0) is 16.2 Å². The molecule has 1 fully saturated rings. The number of hydrogen-bond acceptors (Lipinski definition) is 3. The van der Waals surface area contributed by atoms with E-state index in [1.165, 1.54) is 6.07 Å². The SMILES string of the molecule is C[C@@H]1CNCC[C@H]1NS(=O)(=O)c1cccc(C(F)(F)F)c1. The van der Waals surface area contributed by atoms with Gasteiger partial charge in [-0.15, -0.1) is 0 Å². The van der Waals surface area contributed by atoms with Crippen molar-refractivity contribution < 1.29 is 21.6 Å². The summed E-state index contributed by atoms with van der Waals surface area (Å²) in [5, 5.41) is 3.14. The number of alkyl halides is 3. The molecule has 1 aromatic rings. The third kappa shape index (κ3) is 3.96. The first kappa shape index (κ1) is 16.3. The van der Waals surface area contributed by atoms with Gasteiger partial charge in [0.25, 0.3) is 0 Å². The minimum atomic E-state index is -4.56. The second-order valence-corrected chi connectivity index (χ2v) is 6.94. The van der Waals surface area contributed by atoms with Gasteiger partial charge in [-0.05, 0) is 43.6 Å². The molecule has 4 nitrogen and oxygen atoms in total. The van der Waals surface area contributed by atoms with E-state index in [1.807, 2.05) is 6.92 Å². The number of sulfonamides is 1. The Morgan fingerprint density at radius 3 is 2.67 bits per heavy atom. The third-order valence-electron chi connectivity index (χ3n) is 3.56. The summed E-state index contributed by atoms with van der Waals surface area (Å²) in [5.74, 6) is 0.0827. The second-order valence-electron chi connectivity index (χ2n) is 5.22. The van der Waals surface area contributed by atoms with Gasteiger partial charge in [0.2, 0.25) is 10.0 Å². The zero-order chi connectivity index (χ0) is 15.7. The highest BCUT2D eigenvalue weighted by molar-refractivity contribution is 7.89. The third-order valence-corrected chi connectivity index (χ3v) is 5.05. The molecule has 2 N–H and O–H groups in total. The minimum Gasteiger partial charge on any atom is -0.316 e. The highest BCUT2D eigenvalue weighted by Crippen LogP contribution is 2.30. The van der Waals surface area contributed by atoms with Crippen LogP contribution in [0.5, 0.6) is 0 Å². The lowest BCUT2D eigenvalue weighted by Crippen LogP contribution is -2.48. The largest absolute Gasteiger partial charge is 0.416 e. The fraction of sp³-hybridized carbons (Fsp3) is 0.538. The van der Waals surface area contributed by atoms with Crippen LogP contribution in [0.4, 0.5) is 13.2 Å². The molecule has 118 valence electrons. The first-order chi connectivity index (χ1) is 9.70. The highest BCUT2D eigenvalue weighted by Gasteiger charge is 2.32. The van der Waals surface area contributed by atoms with E-state index in [2.05, 4.69) is 10.0 Å². The van der Waals surface area contributed by atoms with E-state index in [0.29, 0.717) is 25.6 Å². The molecule has 1 heterocycles. The monoisotopic (exact) mass is 322 g/mol. The summed E-state index contributed by atoms with van der Waals surface area (Å²) >= 11 is 0. The van der Waals surface area contributed by atoms with E-state index in [4.69, 9.17) is 0 Å². The Balaban J connectivity index is 2.23. The summed E-state index contributed by atoms with van der Waals surface area (Å²) in [7, 11) is -3.95. The van der Waals surface area contributed by atoms with Gasteiger partial charge in [-0.2, -0.15) is 13.2 Å². The summed E-state index contributed by atoms with van der Waals surface area (Å²) < 4.78 is 64.9. The van der Waals surface area contributed by atoms with Gasteiger partial charge in [-0.3, -0.25) is 0 Å². The predicted octanol–water partition coefficient (Wildman–Crippen LogP) is 1.98. The Hall–Kier alpha value is -1.12. The Bertz CT molecular complexity index is 602. The normalized spacial score (nSPS) is 24.0. The number of halogens is 3. The van der Waals surface area contributed by atoms with E-state index < -0.39 is 21.8 Å². The predicted molar refractivity (Wildman–Crippen MR) is 72.2 cm³/mol.